The van der Waals surface area contributed by atoms with E-state index in [0.717, 1.165) is 19.5 Å². The number of piperidine rings is 1. The third-order valence-corrected chi connectivity index (χ3v) is 4.95. The first-order valence-electron chi connectivity index (χ1n) is 8.77. The van der Waals surface area contributed by atoms with Crippen LogP contribution in [0, 0.1) is 12.7 Å². The molecule has 2 aromatic rings. The van der Waals surface area contributed by atoms with Crippen LogP contribution < -0.4 is 5.32 Å². The minimum absolute atomic E-state index is 0.226. The van der Waals surface area contributed by atoms with Crippen LogP contribution in [-0.4, -0.2) is 36.5 Å². The van der Waals surface area contributed by atoms with Gasteiger partial charge < -0.3 is 14.6 Å². The van der Waals surface area contributed by atoms with E-state index in [4.69, 9.17) is 4.42 Å². The van der Waals surface area contributed by atoms with Crippen molar-refractivity contribution in [2.75, 3.05) is 19.6 Å². The van der Waals surface area contributed by atoms with Gasteiger partial charge in [-0.2, -0.15) is 0 Å². The molecule has 2 heterocycles. The maximum absolute atomic E-state index is 13.3. The zero-order valence-electron chi connectivity index (χ0n) is 14.4. The Hall–Kier alpha value is -1.88. The van der Waals surface area contributed by atoms with Gasteiger partial charge in [0.05, 0.1) is 0 Å². The van der Waals surface area contributed by atoms with E-state index in [1.54, 1.807) is 13.0 Å². The van der Waals surface area contributed by atoms with Gasteiger partial charge in [0.15, 0.2) is 5.76 Å². The van der Waals surface area contributed by atoms with Gasteiger partial charge in [-0.1, -0.05) is 6.42 Å². The van der Waals surface area contributed by atoms with Crippen molar-refractivity contribution in [3.05, 3.63) is 35.3 Å². The molecule has 0 aliphatic carbocycles. The van der Waals surface area contributed by atoms with Crippen molar-refractivity contribution in [3.8, 4) is 0 Å². The first kappa shape index (κ1) is 17.0. The molecule has 1 atom stereocenters. The molecule has 1 amide bonds. The lowest BCUT2D eigenvalue weighted by atomic mass is 10.0. The molecule has 1 saturated heterocycles. The van der Waals surface area contributed by atoms with E-state index < -0.39 is 0 Å². The molecule has 3 rings (SSSR count). The van der Waals surface area contributed by atoms with Crippen molar-refractivity contribution < 1.29 is 13.6 Å². The molecule has 1 aliphatic rings. The molecule has 1 aromatic heterocycles. The number of aryl methyl sites for hydroxylation is 1. The van der Waals surface area contributed by atoms with Crippen LogP contribution in [0.1, 0.15) is 48.7 Å². The minimum Gasteiger partial charge on any atom is -0.451 e. The largest absolute Gasteiger partial charge is 0.451 e. The average Bonchev–Trinajstić information content (AvgIpc) is 2.89. The Labute approximate surface area is 142 Å². The van der Waals surface area contributed by atoms with Crippen LogP contribution in [0.5, 0.6) is 0 Å². The Balaban J connectivity index is 1.54. The molecule has 1 aromatic carbocycles. The summed E-state index contributed by atoms with van der Waals surface area (Å²) in [6, 6.07) is 4.95. The van der Waals surface area contributed by atoms with Gasteiger partial charge in [-0.15, -0.1) is 0 Å². The quantitative estimate of drug-likeness (QED) is 0.845. The van der Waals surface area contributed by atoms with Gasteiger partial charge in [-0.05, 0) is 57.9 Å². The Morgan fingerprint density at radius 2 is 2.25 bits per heavy atom. The molecule has 0 saturated carbocycles. The lowest BCUT2D eigenvalue weighted by Crippen LogP contribution is -2.39. The van der Waals surface area contributed by atoms with E-state index in [1.807, 2.05) is 0 Å². The van der Waals surface area contributed by atoms with Crippen LogP contribution in [0.3, 0.4) is 0 Å². The predicted molar refractivity (Wildman–Crippen MR) is 92.7 cm³/mol. The third-order valence-electron chi connectivity index (χ3n) is 4.95. The summed E-state index contributed by atoms with van der Waals surface area (Å²) in [5.41, 5.74) is 1.23. The maximum atomic E-state index is 13.3. The SMILES string of the molecule is Cc1c(C(=O)NCCCN2CCCC[C@@H]2C)oc2ccc(F)cc12. The topological polar surface area (TPSA) is 45.5 Å². The van der Waals surface area contributed by atoms with Crippen molar-refractivity contribution in [1.82, 2.24) is 10.2 Å². The van der Waals surface area contributed by atoms with Gasteiger partial charge in [-0.25, -0.2) is 4.39 Å². The normalized spacial score (nSPS) is 18.9. The molecule has 1 aliphatic heterocycles. The fraction of sp³-hybridized carbons (Fsp3) is 0.526. The molecular weight excluding hydrogens is 307 g/mol. The average molecular weight is 332 g/mol. The summed E-state index contributed by atoms with van der Waals surface area (Å²) in [6.07, 6.45) is 4.77. The molecular formula is C19H25FN2O2. The molecule has 0 bridgehead atoms. The predicted octanol–water partition coefficient (Wildman–Crippen LogP) is 3.87. The standard InChI is InChI=1S/C19H25FN2O2/c1-13-6-3-4-10-22(13)11-5-9-21-19(23)18-14(2)16-12-15(20)7-8-17(16)24-18/h7-8,12-13H,3-6,9-11H2,1-2H3,(H,21,23)/t13-/m0/s1. The number of benzene rings is 1. The number of nitrogens with one attached hydrogen (secondary N) is 1. The minimum atomic E-state index is -0.325. The Morgan fingerprint density at radius 1 is 1.42 bits per heavy atom. The van der Waals surface area contributed by atoms with Crippen molar-refractivity contribution in [1.29, 1.82) is 0 Å². The summed E-state index contributed by atoms with van der Waals surface area (Å²) >= 11 is 0. The first-order valence-corrected chi connectivity index (χ1v) is 8.77. The number of amides is 1. The first-order chi connectivity index (χ1) is 11.6. The summed E-state index contributed by atoms with van der Waals surface area (Å²) < 4.78 is 18.9. The number of halogens is 1. The number of nitrogens with zero attached hydrogens (tertiary/aromatic N) is 1. The fourth-order valence-corrected chi connectivity index (χ4v) is 3.46. The van der Waals surface area contributed by atoms with Crippen molar-refractivity contribution in [3.63, 3.8) is 0 Å². The van der Waals surface area contributed by atoms with Crippen LogP contribution in [-0.2, 0) is 0 Å². The molecule has 24 heavy (non-hydrogen) atoms. The summed E-state index contributed by atoms with van der Waals surface area (Å²) in [6.45, 7) is 6.84. The van der Waals surface area contributed by atoms with E-state index >= 15 is 0 Å². The van der Waals surface area contributed by atoms with Gasteiger partial charge in [0.2, 0.25) is 0 Å². The molecule has 1 fully saturated rings. The summed E-state index contributed by atoms with van der Waals surface area (Å²) in [5, 5.41) is 3.57. The van der Waals surface area contributed by atoms with Gasteiger partial charge in [-0.3, -0.25) is 4.79 Å². The van der Waals surface area contributed by atoms with Crippen LogP contribution in [0.15, 0.2) is 22.6 Å². The second-order valence-electron chi connectivity index (χ2n) is 6.69. The number of likely N-dealkylation sites (tertiary alicyclic amines) is 1. The third kappa shape index (κ3) is 3.61. The number of rotatable bonds is 5. The Morgan fingerprint density at radius 3 is 3.04 bits per heavy atom. The van der Waals surface area contributed by atoms with Gasteiger partial charge in [0.25, 0.3) is 5.91 Å². The number of hydrogen-bond acceptors (Lipinski definition) is 3. The van der Waals surface area contributed by atoms with Crippen molar-refractivity contribution >= 4 is 16.9 Å². The zero-order chi connectivity index (χ0) is 17.1. The second kappa shape index (κ2) is 7.34. The molecule has 4 nitrogen and oxygen atoms in total. The lowest BCUT2D eigenvalue weighted by Gasteiger charge is -2.33. The molecule has 1 N–H and O–H groups in total. The van der Waals surface area contributed by atoms with E-state index in [9.17, 15) is 9.18 Å². The second-order valence-corrected chi connectivity index (χ2v) is 6.69. The monoisotopic (exact) mass is 332 g/mol. The summed E-state index contributed by atoms with van der Waals surface area (Å²) in [4.78, 5) is 14.8. The molecule has 0 radical (unpaired) electrons. The van der Waals surface area contributed by atoms with E-state index in [-0.39, 0.29) is 17.5 Å². The Kier molecular flexibility index (Phi) is 5.19. The van der Waals surface area contributed by atoms with Gasteiger partial charge in [0.1, 0.15) is 11.4 Å². The number of hydrogen-bond donors (Lipinski definition) is 1. The smallest absolute Gasteiger partial charge is 0.287 e. The molecule has 0 spiro atoms. The van der Waals surface area contributed by atoms with Crippen LogP contribution >= 0.6 is 0 Å². The number of fused-ring (bicyclic) bond motifs is 1. The van der Waals surface area contributed by atoms with Crippen LogP contribution in [0.25, 0.3) is 11.0 Å². The van der Waals surface area contributed by atoms with Gasteiger partial charge in [0, 0.05) is 30.1 Å². The van der Waals surface area contributed by atoms with Crippen LogP contribution in [0.2, 0.25) is 0 Å². The number of carbonyl (C=O) groups is 1. The maximum Gasteiger partial charge on any atom is 0.287 e. The highest BCUT2D eigenvalue weighted by Crippen LogP contribution is 2.25. The molecule has 5 heteroatoms. The van der Waals surface area contributed by atoms with Crippen molar-refractivity contribution in [2.45, 2.75) is 45.6 Å². The van der Waals surface area contributed by atoms with Crippen molar-refractivity contribution in [2.24, 2.45) is 0 Å². The fourth-order valence-electron chi connectivity index (χ4n) is 3.46. The molecule has 130 valence electrons. The van der Waals surface area contributed by atoms with Crippen LogP contribution in [0.4, 0.5) is 4.39 Å². The Bertz CT molecular complexity index is 725. The number of furan rings is 1. The van der Waals surface area contributed by atoms with Gasteiger partial charge >= 0.3 is 0 Å². The highest BCUT2D eigenvalue weighted by Gasteiger charge is 2.19. The lowest BCUT2D eigenvalue weighted by molar-refractivity contribution is 0.0922. The van der Waals surface area contributed by atoms with E-state index in [0.29, 0.717) is 29.1 Å². The molecule has 0 unspecified atom stereocenters. The highest BCUT2D eigenvalue weighted by atomic mass is 19.1. The zero-order valence-corrected chi connectivity index (χ0v) is 14.4. The highest BCUT2D eigenvalue weighted by molar-refractivity contribution is 5.98. The summed E-state index contributed by atoms with van der Waals surface area (Å²) in [5.74, 6) is -0.272. The van der Waals surface area contributed by atoms with E-state index in [2.05, 4.69) is 17.1 Å². The van der Waals surface area contributed by atoms with E-state index in [1.165, 1.54) is 31.4 Å². The number of carbonyl (C=O) groups excluding carboxylic acids is 1. The summed E-state index contributed by atoms with van der Waals surface area (Å²) in [7, 11) is 0.